The van der Waals surface area contributed by atoms with Gasteiger partial charge in [-0.3, -0.25) is 9.69 Å². The summed E-state index contributed by atoms with van der Waals surface area (Å²) in [5.41, 5.74) is 2.97. The molecule has 0 fully saturated rings. The largest absolute Gasteiger partial charge is 0.465 e. The number of anilines is 2. The van der Waals surface area contributed by atoms with Crippen molar-refractivity contribution in [3.63, 3.8) is 0 Å². The highest BCUT2D eigenvalue weighted by Gasteiger charge is 2.30. The van der Waals surface area contributed by atoms with E-state index in [-0.39, 0.29) is 12.5 Å². The van der Waals surface area contributed by atoms with Gasteiger partial charge in [0.1, 0.15) is 0 Å². The van der Waals surface area contributed by atoms with Gasteiger partial charge in [0.05, 0.1) is 18.5 Å². The van der Waals surface area contributed by atoms with Crippen LogP contribution in [0.2, 0.25) is 0 Å². The lowest BCUT2D eigenvalue weighted by Crippen LogP contribution is -2.45. The summed E-state index contributed by atoms with van der Waals surface area (Å²) in [6.07, 6.45) is -1.66. The average Bonchev–Trinajstić information content (AvgIpc) is 2.83. The fourth-order valence-electron chi connectivity index (χ4n) is 3.61. The van der Waals surface area contributed by atoms with Gasteiger partial charge in [0, 0.05) is 17.6 Å². The first-order valence-electron chi connectivity index (χ1n) is 11.0. The molecule has 3 rings (SSSR count). The molecule has 8 nitrogen and oxygen atoms in total. The molecule has 182 valence electrons. The minimum atomic E-state index is -1.12. The number of rotatable bonds is 6. The van der Waals surface area contributed by atoms with Crippen molar-refractivity contribution >= 4 is 29.5 Å². The number of hydrogen-bond donors (Lipinski definition) is 3. The van der Waals surface area contributed by atoms with Crippen molar-refractivity contribution in [3.8, 4) is 11.1 Å². The van der Waals surface area contributed by atoms with E-state index in [9.17, 15) is 19.5 Å². The van der Waals surface area contributed by atoms with E-state index >= 15 is 0 Å². The molecule has 0 saturated heterocycles. The van der Waals surface area contributed by atoms with Crippen LogP contribution in [0, 0.1) is 0 Å². The summed E-state index contributed by atoms with van der Waals surface area (Å²) in [7, 11) is 1.29. The molecule has 0 aliphatic rings. The standard InChI is InChI=1S/C27H29N3O5/c1-27(2,3)30(26(33)34)23-15-14-21(19-8-6-5-7-9-19)16-22(23)29-24(31)20-12-10-18(11-13-20)17-28-25(32)35-4/h5-16H,17H2,1-4H3,(H,28,32)(H,29,31)(H,33,34). The lowest BCUT2D eigenvalue weighted by molar-refractivity contribution is 0.102. The Labute approximate surface area is 204 Å². The van der Waals surface area contributed by atoms with E-state index < -0.39 is 17.7 Å². The van der Waals surface area contributed by atoms with Gasteiger partial charge in [-0.2, -0.15) is 0 Å². The van der Waals surface area contributed by atoms with Crippen LogP contribution >= 0.6 is 0 Å². The Balaban J connectivity index is 1.94. The molecule has 3 N–H and O–H groups in total. The molecule has 0 aliphatic carbocycles. The molecule has 0 spiro atoms. The molecule has 0 unspecified atom stereocenters. The Morgan fingerprint density at radius 2 is 1.57 bits per heavy atom. The maximum Gasteiger partial charge on any atom is 0.412 e. The third-order valence-electron chi connectivity index (χ3n) is 5.29. The van der Waals surface area contributed by atoms with E-state index in [0.29, 0.717) is 16.9 Å². The summed E-state index contributed by atoms with van der Waals surface area (Å²) in [5.74, 6) is -0.386. The van der Waals surface area contributed by atoms with Crippen molar-refractivity contribution in [3.05, 3.63) is 83.9 Å². The van der Waals surface area contributed by atoms with E-state index in [4.69, 9.17) is 0 Å². The summed E-state index contributed by atoms with van der Waals surface area (Å²) in [4.78, 5) is 37.8. The smallest absolute Gasteiger partial charge is 0.412 e. The number of hydrogen-bond acceptors (Lipinski definition) is 4. The van der Waals surface area contributed by atoms with Crippen LogP contribution in [0.15, 0.2) is 72.8 Å². The topological polar surface area (TPSA) is 108 Å². The van der Waals surface area contributed by atoms with E-state index in [1.54, 1.807) is 57.2 Å². The number of benzene rings is 3. The molecule has 0 aromatic heterocycles. The van der Waals surface area contributed by atoms with Crippen molar-refractivity contribution in [1.82, 2.24) is 5.32 Å². The fourth-order valence-corrected chi connectivity index (χ4v) is 3.61. The zero-order chi connectivity index (χ0) is 25.6. The molecule has 0 atom stereocenters. The summed E-state index contributed by atoms with van der Waals surface area (Å²) in [6.45, 7) is 5.63. The Bertz CT molecular complexity index is 1200. The number of amides is 3. The summed E-state index contributed by atoms with van der Waals surface area (Å²) in [6, 6.07) is 21.7. The number of alkyl carbamates (subject to hydrolysis) is 1. The Morgan fingerprint density at radius 1 is 0.914 bits per heavy atom. The first-order valence-corrected chi connectivity index (χ1v) is 11.0. The molecule has 8 heteroatoms. The monoisotopic (exact) mass is 475 g/mol. The predicted octanol–water partition coefficient (Wildman–Crippen LogP) is 5.74. The van der Waals surface area contributed by atoms with Crippen LogP contribution in [0.3, 0.4) is 0 Å². The van der Waals surface area contributed by atoms with Gasteiger partial charge in [0.15, 0.2) is 0 Å². The summed E-state index contributed by atoms with van der Waals surface area (Å²) in [5, 5.41) is 15.4. The number of nitrogens with one attached hydrogen (secondary N) is 2. The normalized spacial score (nSPS) is 10.9. The van der Waals surface area contributed by atoms with Gasteiger partial charge in [-0.15, -0.1) is 0 Å². The highest BCUT2D eigenvalue weighted by molar-refractivity contribution is 6.07. The quantitative estimate of drug-likeness (QED) is 0.421. The van der Waals surface area contributed by atoms with Gasteiger partial charge in [0.2, 0.25) is 0 Å². The van der Waals surface area contributed by atoms with Gasteiger partial charge in [-0.1, -0.05) is 48.5 Å². The highest BCUT2D eigenvalue weighted by Crippen LogP contribution is 2.35. The van der Waals surface area contributed by atoms with Crippen LogP contribution in [0.4, 0.5) is 21.0 Å². The van der Waals surface area contributed by atoms with Gasteiger partial charge in [-0.25, -0.2) is 9.59 Å². The maximum atomic E-state index is 13.1. The van der Waals surface area contributed by atoms with Crippen LogP contribution in [-0.4, -0.2) is 35.8 Å². The van der Waals surface area contributed by atoms with Crippen LogP contribution in [0.1, 0.15) is 36.7 Å². The van der Waals surface area contributed by atoms with Crippen LogP contribution in [0.25, 0.3) is 11.1 Å². The second-order valence-electron chi connectivity index (χ2n) is 8.88. The molecule has 3 aromatic rings. The van der Waals surface area contributed by atoms with E-state index in [2.05, 4.69) is 15.4 Å². The average molecular weight is 476 g/mol. The lowest BCUT2D eigenvalue weighted by atomic mass is 10.0. The third kappa shape index (κ3) is 6.38. The van der Waals surface area contributed by atoms with Crippen molar-refractivity contribution in [1.29, 1.82) is 0 Å². The van der Waals surface area contributed by atoms with Crippen molar-refractivity contribution < 1.29 is 24.2 Å². The molecule has 0 bridgehead atoms. The second kappa shape index (κ2) is 10.7. The summed E-state index contributed by atoms with van der Waals surface area (Å²) < 4.78 is 4.55. The third-order valence-corrected chi connectivity index (χ3v) is 5.29. The molecular formula is C27H29N3O5. The van der Waals surface area contributed by atoms with Gasteiger partial charge in [-0.05, 0) is 61.7 Å². The molecule has 35 heavy (non-hydrogen) atoms. The zero-order valence-corrected chi connectivity index (χ0v) is 20.2. The number of ether oxygens (including phenoxy) is 1. The lowest BCUT2D eigenvalue weighted by Gasteiger charge is -2.34. The number of carbonyl (C=O) groups excluding carboxylic acids is 2. The zero-order valence-electron chi connectivity index (χ0n) is 20.2. The Kier molecular flexibility index (Phi) is 7.76. The number of carboxylic acid groups (broad SMARTS) is 1. The molecule has 0 saturated carbocycles. The van der Waals surface area contributed by atoms with E-state index in [1.165, 1.54) is 12.0 Å². The maximum absolute atomic E-state index is 13.1. The molecule has 0 radical (unpaired) electrons. The minimum Gasteiger partial charge on any atom is -0.465 e. The first kappa shape index (κ1) is 25.3. The van der Waals surface area contributed by atoms with Gasteiger partial charge >= 0.3 is 12.2 Å². The molecule has 3 amide bonds. The highest BCUT2D eigenvalue weighted by atomic mass is 16.5. The van der Waals surface area contributed by atoms with E-state index in [0.717, 1.165) is 16.7 Å². The second-order valence-corrected chi connectivity index (χ2v) is 8.88. The minimum absolute atomic E-state index is 0.261. The molecule has 3 aromatic carbocycles. The number of nitrogens with zero attached hydrogens (tertiary/aromatic N) is 1. The SMILES string of the molecule is COC(=O)NCc1ccc(C(=O)Nc2cc(-c3ccccc3)ccc2N(C(=O)O)C(C)(C)C)cc1. The molecular weight excluding hydrogens is 446 g/mol. The van der Waals surface area contributed by atoms with Crippen LogP contribution < -0.4 is 15.5 Å². The number of methoxy groups -OCH3 is 1. The van der Waals surface area contributed by atoms with Gasteiger partial charge in [0.25, 0.3) is 5.91 Å². The van der Waals surface area contributed by atoms with Crippen LogP contribution in [-0.2, 0) is 11.3 Å². The van der Waals surface area contributed by atoms with Gasteiger partial charge < -0.3 is 20.5 Å². The summed E-state index contributed by atoms with van der Waals surface area (Å²) >= 11 is 0. The van der Waals surface area contributed by atoms with Crippen LogP contribution in [0.5, 0.6) is 0 Å². The predicted molar refractivity (Wildman–Crippen MR) is 136 cm³/mol. The fraction of sp³-hybridized carbons (Fsp3) is 0.222. The Hall–Kier alpha value is -4.33. The Morgan fingerprint density at radius 3 is 2.14 bits per heavy atom. The van der Waals surface area contributed by atoms with Crippen molar-refractivity contribution in [2.75, 3.05) is 17.3 Å². The van der Waals surface area contributed by atoms with Crippen molar-refractivity contribution in [2.45, 2.75) is 32.9 Å². The number of carbonyl (C=O) groups is 3. The first-order chi connectivity index (χ1) is 16.6. The van der Waals surface area contributed by atoms with Crippen molar-refractivity contribution in [2.24, 2.45) is 0 Å². The van der Waals surface area contributed by atoms with E-state index in [1.807, 2.05) is 36.4 Å². The molecule has 0 heterocycles. The molecule has 0 aliphatic heterocycles.